The molecule has 7 heteroatoms. The molecule has 0 aliphatic carbocycles. The van der Waals surface area contributed by atoms with E-state index < -0.39 is 12.1 Å². The van der Waals surface area contributed by atoms with Crippen molar-refractivity contribution < 1.29 is 9.59 Å². The first kappa shape index (κ1) is 11.1. The number of thiocarbonyl (C=S) groups is 1. The molecule has 0 aromatic rings. The number of carbonyl (C=O) groups excluding carboxylic acids is 2. The number of amides is 3. The van der Waals surface area contributed by atoms with Crippen molar-refractivity contribution in [3.05, 3.63) is 0 Å². The van der Waals surface area contributed by atoms with Crippen LogP contribution in [-0.2, 0) is 4.79 Å². The molecule has 2 aliphatic heterocycles. The third-order valence-electron chi connectivity index (χ3n) is 2.90. The second-order valence-electron chi connectivity index (χ2n) is 4.25. The largest absolute Gasteiger partial charge is 0.340 e. The third kappa shape index (κ3) is 1.42. The molecule has 2 aliphatic rings. The monoisotopic (exact) mass is 242 g/mol. The molecule has 2 unspecified atom stereocenters. The Morgan fingerprint density at radius 2 is 2.00 bits per heavy atom. The van der Waals surface area contributed by atoms with Gasteiger partial charge >= 0.3 is 6.03 Å². The van der Waals surface area contributed by atoms with Crippen molar-refractivity contribution in [3.63, 3.8) is 0 Å². The molecule has 2 fully saturated rings. The van der Waals surface area contributed by atoms with E-state index in [-0.39, 0.29) is 18.1 Å². The van der Waals surface area contributed by atoms with Crippen LogP contribution in [-0.4, -0.2) is 52.1 Å². The highest BCUT2D eigenvalue weighted by Crippen LogP contribution is 2.22. The van der Waals surface area contributed by atoms with Crippen molar-refractivity contribution in [3.8, 4) is 0 Å². The molecule has 2 heterocycles. The van der Waals surface area contributed by atoms with Crippen molar-refractivity contribution in [2.24, 2.45) is 0 Å². The molecule has 88 valence electrons. The molecule has 0 aromatic carbocycles. The first-order valence-corrected chi connectivity index (χ1v) is 5.51. The lowest BCUT2D eigenvalue weighted by molar-refractivity contribution is -0.127. The van der Waals surface area contributed by atoms with E-state index in [0.29, 0.717) is 5.11 Å². The van der Waals surface area contributed by atoms with Gasteiger partial charge in [-0.25, -0.2) is 4.79 Å². The fourth-order valence-corrected chi connectivity index (χ4v) is 2.53. The van der Waals surface area contributed by atoms with Crippen LogP contribution < -0.4 is 10.6 Å². The lowest BCUT2D eigenvalue weighted by Crippen LogP contribution is -2.65. The normalized spacial score (nSPS) is 29.4. The number of imide groups is 1. The van der Waals surface area contributed by atoms with Crippen LogP contribution in [0.25, 0.3) is 0 Å². The van der Waals surface area contributed by atoms with E-state index in [9.17, 15) is 9.59 Å². The maximum atomic E-state index is 11.8. The van der Waals surface area contributed by atoms with E-state index in [1.165, 1.54) is 4.90 Å². The van der Waals surface area contributed by atoms with Crippen LogP contribution in [0.5, 0.6) is 0 Å². The third-order valence-corrected chi connectivity index (χ3v) is 3.23. The highest BCUT2D eigenvalue weighted by Gasteiger charge is 2.49. The molecule has 16 heavy (non-hydrogen) atoms. The first-order chi connectivity index (χ1) is 7.43. The van der Waals surface area contributed by atoms with Gasteiger partial charge in [-0.3, -0.25) is 10.1 Å². The van der Waals surface area contributed by atoms with Crippen LogP contribution in [0.15, 0.2) is 0 Å². The molecule has 0 bridgehead atoms. The van der Waals surface area contributed by atoms with E-state index in [1.807, 2.05) is 18.7 Å². The summed E-state index contributed by atoms with van der Waals surface area (Å²) in [5.74, 6) is -0.297. The number of fused-ring (bicyclic) bond motifs is 1. The number of carbonyl (C=O) groups is 2. The van der Waals surface area contributed by atoms with Gasteiger partial charge in [0, 0.05) is 13.1 Å². The standard InChI is InChI=1S/C9H14N4O2S/c1-4(2)13-5-6(10-9(13)16)12(3)8(15)11-7(5)14/h4-6H,1-3H3,(H,10,16)(H,11,14,15). The van der Waals surface area contributed by atoms with Crippen molar-refractivity contribution in [1.82, 2.24) is 20.4 Å². The zero-order valence-electron chi connectivity index (χ0n) is 9.35. The molecule has 2 N–H and O–H groups in total. The predicted molar refractivity (Wildman–Crippen MR) is 61.6 cm³/mol. The summed E-state index contributed by atoms with van der Waals surface area (Å²) >= 11 is 5.17. The van der Waals surface area contributed by atoms with Gasteiger partial charge in [0.2, 0.25) is 0 Å². The number of nitrogens with one attached hydrogen (secondary N) is 2. The van der Waals surface area contributed by atoms with Gasteiger partial charge in [-0.2, -0.15) is 0 Å². The molecule has 3 amide bonds. The van der Waals surface area contributed by atoms with Crippen LogP contribution in [0.1, 0.15) is 13.8 Å². The van der Waals surface area contributed by atoms with Crippen molar-refractivity contribution in [2.75, 3.05) is 7.05 Å². The van der Waals surface area contributed by atoms with Gasteiger partial charge in [0.1, 0.15) is 12.2 Å². The lowest BCUT2D eigenvalue weighted by atomic mass is 10.1. The maximum Gasteiger partial charge on any atom is 0.325 e. The van der Waals surface area contributed by atoms with Crippen LogP contribution in [0.3, 0.4) is 0 Å². The van der Waals surface area contributed by atoms with Crippen molar-refractivity contribution in [2.45, 2.75) is 32.1 Å². The summed E-state index contributed by atoms with van der Waals surface area (Å²) in [6.45, 7) is 3.92. The Morgan fingerprint density at radius 1 is 1.38 bits per heavy atom. The molecule has 6 nitrogen and oxygen atoms in total. The number of urea groups is 1. The van der Waals surface area contributed by atoms with Gasteiger partial charge in [-0.1, -0.05) is 0 Å². The Bertz CT molecular complexity index is 371. The number of rotatable bonds is 1. The predicted octanol–water partition coefficient (Wildman–Crippen LogP) is -0.539. The number of nitrogens with zero attached hydrogens (tertiary/aromatic N) is 2. The first-order valence-electron chi connectivity index (χ1n) is 5.10. The summed E-state index contributed by atoms with van der Waals surface area (Å²) in [6.07, 6.45) is -0.365. The Labute approximate surface area is 98.9 Å². The quantitative estimate of drug-likeness (QED) is 0.605. The SMILES string of the molecule is CC(C)N1C(=S)NC2C1C(=O)NC(=O)N2C. The van der Waals surface area contributed by atoms with Crippen molar-refractivity contribution in [1.29, 1.82) is 0 Å². The van der Waals surface area contributed by atoms with Gasteiger partial charge in [0.15, 0.2) is 5.11 Å². The molecule has 0 saturated carbocycles. The van der Waals surface area contributed by atoms with Gasteiger partial charge in [0.25, 0.3) is 5.91 Å². The molecule has 0 radical (unpaired) electrons. The molecule has 2 rings (SSSR count). The van der Waals surface area contributed by atoms with Crippen LogP contribution >= 0.6 is 12.2 Å². The van der Waals surface area contributed by atoms with E-state index in [2.05, 4.69) is 10.6 Å². The Hall–Kier alpha value is -1.37. The van der Waals surface area contributed by atoms with E-state index in [1.54, 1.807) is 7.05 Å². The van der Waals surface area contributed by atoms with Crippen LogP contribution in [0.4, 0.5) is 4.79 Å². The highest BCUT2D eigenvalue weighted by molar-refractivity contribution is 7.80. The Morgan fingerprint density at radius 3 is 2.56 bits per heavy atom. The Kier molecular flexibility index (Phi) is 2.49. The minimum atomic E-state index is -0.435. The maximum absolute atomic E-state index is 11.8. The summed E-state index contributed by atoms with van der Waals surface area (Å²) in [5, 5.41) is 5.83. The van der Waals surface area contributed by atoms with Gasteiger partial charge in [-0.05, 0) is 26.1 Å². The average Bonchev–Trinajstić information content (AvgIpc) is 2.52. The van der Waals surface area contributed by atoms with Gasteiger partial charge in [-0.15, -0.1) is 0 Å². The molecular formula is C9H14N4O2S. The molecule has 2 atom stereocenters. The lowest BCUT2D eigenvalue weighted by Gasteiger charge is -2.36. The molecule has 0 spiro atoms. The van der Waals surface area contributed by atoms with Crippen LogP contribution in [0, 0.1) is 0 Å². The summed E-state index contributed by atoms with van der Waals surface area (Å²) in [5.41, 5.74) is 0. The number of likely N-dealkylation sites (N-methyl/N-ethyl adjacent to an activating group) is 1. The van der Waals surface area contributed by atoms with E-state index >= 15 is 0 Å². The fourth-order valence-electron chi connectivity index (χ4n) is 2.09. The summed E-state index contributed by atoms with van der Waals surface area (Å²) < 4.78 is 0. The zero-order valence-corrected chi connectivity index (χ0v) is 10.2. The number of hydrogen-bond acceptors (Lipinski definition) is 3. The second-order valence-corrected chi connectivity index (χ2v) is 4.63. The summed E-state index contributed by atoms with van der Waals surface area (Å²) in [4.78, 5) is 26.5. The minimum absolute atomic E-state index is 0.113. The van der Waals surface area contributed by atoms with E-state index in [0.717, 1.165) is 0 Å². The minimum Gasteiger partial charge on any atom is -0.340 e. The molecular weight excluding hydrogens is 228 g/mol. The van der Waals surface area contributed by atoms with Gasteiger partial charge in [0.05, 0.1) is 0 Å². The Balaban J connectivity index is 2.34. The summed E-state index contributed by atoms with van der Waals surface area (Å²) in [6, 6.07) is -0.718. The van der Waals surface area contributed by atoms with Crippen LogP contribution in [0.2, 0.25) is 0 Å². The van der Waals surface area contributed by atoms with Gasteiger partial charge < -0.3 is 15.1 Å². The second kappa shape index (κ2) is 3.58. The van der Waals surface area contributed by atoms with E-state index in [4.69, 9.17) is 12.2 Å². The fraction of sp³-hybridized carbons (Fsp3) is 0.667. The summed E-state index contributed by atoms with van der Waals surface area (Å²) in [7, 11) is 1.64. The topological polar surface area (TPSA) is 64.7 Å². The molecule has 0 aromatic heterocycles. The molecule has 2 saturated heterocycles. The zero-order chi connectivity index (χ0) is 12.0. The average molecular weight is 242 g/mol. The number of hydrogen-bond donors (Lipinski definition) is 2. The highest BCUT2D eigenvalue weighted by atomic mass is 32.1. The van der Waals surface area contributed by atoms with Crippen molar-refractivity contribution >= 4 is 29.3 Å². The smallest absolute Gasteiger partial charge is 0.325 e.